The molecule has 0 aliphatic carbocycles. The minimum atomic E-state index is -0.834. The standard InChI is InChI=1S/C21H17ClFNO3/c22-20-10-7-15(12-24-20)17-2-1-3-19(23)18(17)13-27-16-8-4-14(5-9-16)6-11-21(25)26/h1-5,7-10,12H,6,11,13H2,(H,25,26). The third kappa shape index (κ3) is 5.05. The van der Waals surface area contributed by atoms with E-state index in [-0.39, 0.29) is 18.8 Å². The van der Waals surface area contributed by atoms with Gasteiger partial charge in [-0.1, -0.05) is 35.9 Å². The maximum absolute atomic E-state index is 14.4. The van der Waals surface area contributed by atoms with Crippen molar-refractivity contribution in [1.29, 1.82) is 0 Å². The zero-order valence-electron chi connectivity index (χ0n) is 14.4. The fourth-order valence-corrected chi connectivity index (χ4v) is 2.78. The van der Waals surface area contributed by atoms with Crippen molar-refractivity contribution < 1.29 is 19.0 Å². The molecule has 3 rings (SSSR count). The van der Waals surface area contributed by atoms with E-state index in [4.69, 9.17) is 21.4 Å². The summed E-state index contributed by atoms with van der Waals surface area (Å²) >= 11 is 5.82. The van der Waals surface area contributed by atoms with Crippen molar-refractivity contribution in [2.75, 3.05) is 0 Å². The largest absolute Gasteiger partial charge is 0.489 e. The zero-order valence-corrected chi connectivity index (χ0v) is 15.1. The Hall–Kier alpha value is -2.92. The third-order valence-electron chi connectivity index (χ3n) is 4.09. The molecule has 27 heavy (non-hydrogen) atoms. The molecule has 3 aromatic rings. The number of aryl methyl sites for hydroxylation is 1. The van der Waals surface area contributed by atoms with E-state index < -0.39 is 5.97 Å². The monoisotopic (exact) mass is 385 g/mol. The summed E-state index contributed by atoms with van der Waals surface area (Å²) in [4.78, 5) is 14.7. The number of aliphatic carboxylic acids is 1. The molecule has 0 radical (unpaired) electrons. The van der Waals surface area contributed by atoms with Gasteiger partial charge in [0.25, 0.3) is 0 Å². The number of carboxylic acid groups (broad SMARTS) is 1. The molecule has 1 N–H and O–H groups in total. The topological polar surface area (TPSA) is 59.4 Å². The summed E-state index contributed by atoms with van der Waals surface area (Å²) < 4.78 is 20.1. The van der Waals surface area contributed by atoms with Gasteiger partial charge in [-0.25, -0.2) is 9.37 Å². The van der Waals surface area contributed by atoms with Gasteiger partial charge in [-0.3, -0.25) is 4.79 Å². The lowest BCUT2D eigenvalue weighted by Gasteiger charge is -2.13. The number of pyridine rings is 1. The van der Waals surface area contributed by atoms with Crippen LogP contribution in [0.15, 0.2) is 60.8 Å². The molecule has 0 amide bonds. The van der Waals surface area contributed by atoms with Gasteiger partial charge >= 0.3 is 5.97 Å². The summed E-state index contributed by atoms with van der Waals surface area (Å²) in [5.74, 6) is -0.614. The Kier molecular flexibility index (Phi) is 6.04. The minimum absolute atomic E-state index is 0.0547. The Bertz CT molecular complexity index is 927. The third-order valence-corrected chi connectivity index (χ3v) is 4.31. The van der Waals surface area contributed by atoms with E-state index in [1.807, 2.05) is 18.2 Å². The Labute approximate surface area is 161 Å². The van der Waals surface area contributed by atoms with Crippen LogP contribution in [-0.2, 0) is 17.8 Å². The van der Waals surface area contributed by atoms with E-state index in [9.17, 15) is 9.18 Å². The van der Waals surface area contributed by atoms with Gasteiger partial charge in [0.05, 0.1) is 0 Å². The molecule has 1 aromatic heterocycles. The van der Waals surface area contributed by atoms with E-state index in [1.165, 1.54) is 6.07 Å². The summed E-state index contributed by atoms with van der Waals surface area (Å²) in [6, 6.07) is 15.4. The first-order valence-corrected chi connectivity index (χ1v) is 8.73. The van der Waals surface area contributed by atoms with Crippen LogP contribution in [0, 0.1) is 5.82 Å². The molecule has 2 aromatic carbocycles. The number of halogens is 2. The average Bonchev–Trinajstić information content (AvgIpc) is 2.67. The van der Waals surface area contributed by atoms with E-state index in [0.29, 0.717) is 28.5 Å². The predicted molar refractivity (Wildman–Crippen MR) is 101 cm³/mol. The van der Waals surface area contributed by atoms with Gasteiger partial charge in [0, 0.05) is 23.7 Å². The molecule has 0 atom stereocenters. The molecule has 0 bridgehead atoms. The highest BCUT2D eigenvalue weighted by molar-refractivity contribution is 6.29. The number of aromatic nitrogens is 1. The van der Waals surface area contributed by atoms with Gasteiger partial charge in [0.1, 0.15) is 23.3 Å². The summed E-state index contributed by atoms with van der Waals surface area (Å²) in [6.45, 7) is 0.0547. The number of benzene rings is 2. The van der Waals surface area contributed by atoms with Crippen LogP contribution < -0.4 is 4.74 Å². The highest BCUT2D eigenvalue weighted by Crippen LogP contribution is 2.27. The first-order chi connectivity index (χ1) is 13.0. The summed E-state index contributed by atoms with van der Waals surface area (Å²) in [5, 5.41) is 9.10. The van der Waals surface area contributed by atoms with E-state index >= 15 is 0 Å². The highest BCUT2D eigenvalue weighted by Gasteiger charge is 2.12. The molecule has 0 unspecified atom stereocenters. The molecule has 4 nitrogen and oxygen atoms in total. The van der Waals surface area contributed by atoms with Crippen LogP contribution in [0.2, 0.25) is 5.15 Å². The van der Waals surface area contributed by atoms with Crippen LogP contribution in [0.25, 0.3) is 11.1 Å². The normalized spacial score (nSPS) is 10.6. The lowest BCUT2D eigenvalue weighted by molar-refractivity contribution is -0.136. The van der Waals surface area contributed by atoms with Crippen LogP contribution >= 0.6 is 11.6 Å². The van der Waals surface area contributed by atoms with E-state index in [0.717, 1.165) is 11.1 Å². The molecular formula is C21H17ClFNO3. The van der Waals surface area contributed by atoms with Gasteiger partial charge in [0.15, 0.2) is 0 Å². The SMILES string of the molecule is O=C(O)CCc1ccc(OCc2c(F)cccc2-c2ccc(Cl)nc2)cc1. The number of carbonyl (C=O) groups is 1. The smallest absolute Gasteiger partial charge is 0.303 e. The first-order valence-electron chi connectivity index (χ1n) is 8.36. The average molecular weight is 386 g/mol. The Morgan fingerprint density at radius 1 is 1.11 bits per heavy atom. The second-order valence-corrected chi connectivity index (χ2v) is 6.35. The van der Waals surface area contributed by atoms with Crippen LogP contribution in [-0.4, -0.2) is 16.1 Å². The number of rotatable bonds is 7. The number of ether oxygens (including phenoxy) is 1. The van der Waals surface area contributed by atoms with Crippen molar-refractivity contribution in [1.82, 2.24) is 4.98 Å². The number of hydrogen-bond donors (Lipinski definition) is 1. The molecule has 138 valence electrons. The molecular weight excluding hydrogens is 369 g/mol. The van der Waals surface area contributed by atoms with Crippen LogP contribution in [0.5, 0.6) is 5.75 Å². The Morgan fingerprint density at radius 3 is 2.56 bits per heavy atom. The summed E-state index contributed by atoms with van der Waals surface area (Å²) in [6.07, 6.45) is 2.13. The fourth-order valence-electron chi connectivity index (χ4n) is 2.67. The van der Waals surface area contributed by atoms with Crippen molar-refractivity contribution in [2.45, 2.75) is 19.4 Å². The second-order valence-electron chi connectivity index (χ2n) is 5.96. The number of nitrogens with zero attached hydrogens (tertiary/aromatic N) is 1. The molecule has 6 heteroatoms. The summed E-state index contributed by atoms with van der Waals surface area (Å²) in [7, 11) is 0. The quantitative estimate of drug-likeness (QED) is 0.572. The van der Waals surface area contributed by atoms with Crippen molar-refractivity contribution in [2.24, 2.45) is 0 Å². The Morgan fingerprint density at radius 2 is 1.89 bits per heavy atom. The van der Waals surface area contributed by atoms with Crippen molar-refractivity contribution >= 4 is 17.6 Å². The van der Waals surface area contributed by atoms with Gasteiger partial charge < -0.3 is 9.84 Å². The van der Waals surface area contributed by atoms with E-state index in [1.54, 1.807) is 36.5 Å². The van der Waals surface area contributed by atoms with Crippen LogP contribution in [0.1, 0.15) is 17.5 Å². The van der Waals surface area contributed by atoms with Crippen LogP contribution in [0.4, 0.5) is 4.39 Å². The first kappa shape index (κ1) is 18.9. The molecule has 1 heterocycles. The molecule has 0 saturated heterocycles. The Balaban J connectivity index is 1.74. The number of hydrogen-bond acceptors (Lipinski definition) is 3. The molecule has 0 saturated carbocycles. The number of carboxylic acids is 1. The maximum atomic E-state index is 14.4. The van der Waals surface area contributed by atoms with Gasteiger partial charge in [-0.2, -0.15) is 0 Å². The highest BCUT2D eigenvalue weighted by atomic mass is 35.5. The van der Waals surface area contributed by atoms with Crippen molar-refractivity contribution in [3.05, 3.63) is 82.9 Å². The van der Waals surface area contributed by atoms with Gasteiger partial charge in [-0.15, -0.1) is 0 Å². The molecule has 0 fully saturated rings. The maximum Gasteiger partial charge on any atom is 0.303 e. The van der Waals surface area contributed by atoms with Gasteiger partial charge in [-0.05, 0) is 47.9 Å². The van der Waals surface area contributed by atoms with Crippen LogP contribution in [0.3, 0.4) is 0 Å². The molecule has 0 spiro atoms. The summed E-state index contributed by atoms with van der Waals surface area (Å²) in [5.41, 5.74) is 2.78. The fraction of sp³-hybridized carbons (Fsp3) is 0.143. The molecule has 0 aliphatic heterocycles. The zero-order chi connectivity index (χ0) is 19.2. The van der Waals surface area contributed by atoms with E-state index in [2.05, 4.69) is 4.98 Å². The lowest BCUT2D eigenvalue weighted by atomic mass is 10.0. The molecule has 0 aliphatic rings. The predicted octanol–water partition coefficient (Wildman–Crippen LogP) is 5.14. The van der Waals surface area contributed by atoms with Crippen molar-refractivity contribution in [3.8, 4) is 16.9 Å². The second kappa shape index (κ2) is 8.64. The minimum Gasteiger partial charge on any atom is -0.489 e. The van der Waals surface area contributed by atoms with Crippen molar-refractivity contribution in [3.63, 3.8) is 0 Å². The van der Waals surface area contributed by atoms with Gasteiger partial charge in [0.2, 0.25) is 0 Å². The lowest BCUT2D eigenvalue weighted by Crippen LogP contribution is -2.02.